The van der Waals surface area contributed by atoms with Gasteiger partial charge in [-0.3, -0.25) is 4.90 Å². The molecule has 3 rings (SSSR count). The Morgan fingerprint density at radius 3 is 2.80 bits per heavy atom. The van der Waals surface area contributed by atoms with Gasteiger partial charge in [0.1, 0.15) is 0 Å². The summed E-state index contributed by atoms with van der Waals surface area (Å²) < 4.78 is 0. The lowest BCUT2D eigenvalue weighted by molar-refractivity contribution is 0.157. The monoisotopic (exact) mass is 269 g/mol. The van der Waals surface area contributed by atoms with Crippen molar-refractivity contribution in [2.45, 2.75) is 38.3 Å². The molecule has 1 N–H and O–H groups in total. The van der Waals surface area contributed by atoms with Gasteiger partial charge in [0.05, 0.1) is 11.6 Å². The summed E-state index contributed by atoms with van der Waals surface area (Å²) in [6, 6.07) is 11.0. The van der Waals surface area contributed by atoms with Crippen LogP contribution in [-0.4, -0.2) is 30.6 Å². The number of hydrogen-bond acceptors (Lipinski definition) is 3. The topological polar surface area (TPSA) is 39.1 Å². The standard InChI is InChI=1S/C17H23N3/c18-12-14-3-1-4-15(11-14)13-20-9-6-16(7-10-20)17-5-2-8-19-17/h1,3-4,11,16-17,19H,2,5-10,13H2. The average molecular weight is 269 g/mol. The number of hydrogen-bond donors (Lipinski definition) is 1. The Bertz CT molecular complexity index is 477. The minimum Gasteiger partial charge on any atom is -0.314 e. The van der Waals surface area contributed by atoms with Crippen molar-refractivity contribution in [3.63, 3.8) is 0 Å². The first-order valence-corrected chi connectivity index (χ1v) is 7.80. The van der Waals surface area contributed by atoms with E-state index in [1.54, 1.807) is 0 Å². The van der Waals surface area contributed by atoms with Crippen molar-refractivity contribution in [3.8, 4) is 6.07 Å². The minimum atomic E-state index is 0.771. The van der Waals surface area contributed by atoms with Crippen LogP contribution in [0.1, 0.15) is 36.8 Å². The summed E-state index contributed by atoms with van der Waals surface area (Å²) in [6.07, 6.45) is 5.35. The van der Waals surface area contributed by atoms with Gasteiger partial charge in [-0.05, 0) is 68.9 Å². The number of likely N-dealkylation sites (tertiary alicyclic amines) is 1. The summed E-state index contributed by atoms with van der Waals surface area (Å²) >= 11 is 0. The largest absolute Gasteiger partial charge is 0.314 e. The average Bonchev–Trinajstić information content (AvgIpc) is 3.02. The van der Waals surface area contributed by atoms with Gasteiger partial charge in [-0.15, -0.1) is 0 Å². The van der Waals surface area contributed by atoms with Gasteiger partial charge in [0, 0.05) is 12.6 Å². The van der Waals surface area contributed by atoms with E-state index in [-0.39, 0.29) is 0 Å². The molecule has 1 aromatic carbocycles. The minimum absolute atomic E-state index is 0.771. The molecule has 3 nitrogen and oxygen atoms in total. The Morgan fingerprint density at radius 2 is 2.10 bits per heavy atom. The maximum atomic E-state index is 8.95. The molecule has 2 fully saturated rings. The van der Waals surface area contributed by atoms with Crippen LogP contribution in [0.25, 0.3) is 0 Å². The molecule has 2 aliphatic rings. The summed E-state index contributed by atoms with van der Waals surface area (Å²) in [5.41, 5.74) is 2.04. The van der Waals surface area contributed by atoms with E-state index >= 15 is 0 Å². The van der Waals surface area contributed by atoms with Crippen molar-refractivity contribution < 1.29 is 0 Å². The molecule has 0 amide bonds. The van der Waals surface area contributed by atoms with E-state index in [1.807, 2.05) is 18.2 Å². The van der Waals surface area contributed by atoms with Crippen LogP contribution in [0.2, 0.25) is 0 Å². The molecule has 0 bridgehead atoms. The lowest BCUT2D eigenvalue weighted by atomic mass is 9.88. The summed E-state index contributed by atoms with van der Waals surface area (Å²) in [6.45, 7) is 4.59. The van der Waals surface area contributed by atoms with Gasteiger partial charge in [-0.25, -0.2) is 0 Å². The highest BCUT2D eigenvalue weighted by Crippen LogP contribution is 2.26. The fraction of sp³-hybridized carbons (Fsp3) is 0.588. The molecule has 20 heavy (non-hydrogen) atoms. The molecule has 0 aliphatic carbocycles. The summed E-state index contributed by atoms with van der Waals surface area (Å²) in [5.74, 6) is 0.874. The third-order valence-corrected chi connectivity index (χ3v) is 4.76. The molecule has 0 spiro atoms. The van der Waals surface area contributed by atoms with Crippen LogP contribution in [-0.2, 0) is 6.54 Å². The van der Waals surface area contributed by atoms with E-state index in [0.717, 1.165) is 24.1 Å². The van der Waals surface area contributed by atoms with E-state index in [4.69, 9.17) is 5.26 Å². The van der Waals surface area contributed by atoms with E-state index < -0.39 is 0 Å². The quantitative estimate of drug-likeness (QED) is 0.916. The van der Waals surface area contributed by atoms with Crippen LogP contribution in [0, 0.1) is 17.2 Å². The van der Waals surface area contributed by atoms with E-state index in [9.17, 15) is 0 Å². The Kier molecular flexibility index (Phi) is 4.34. The number of rotatable bonds is 3. The highest BCUT2D eigenvalue weighted by atomic mass is 15.1. The second-order valence-electron chi connectivity index (χ2n) is 6.13. The fourth-order valence-electron chi connectivity index (χ4n) is 3.62. The molecule has 0 radical (unpaired) electrons. The van der Waals surface area contributed by atoms with Crippen LogP contribution >= 0.6 is 0 Å². The van der Waals surface area contributed by atoms with Crippen LogP contribution in [0.5, 0.6) is 0 Å². The van der Waals surface area contributed by atoms with Crippen molar-refractivity contribution in [3.05, 3.63) is 35.4 Å². The molecule has 2 saturated heterocycles. The number of benzene rings is 1. The highest BCUT2D eigenvalue weighted by molar-refractivity contribution is 5.32. The zero-order valence-electron chi connectivity index (χ0n) is 12.0. The van der Waals surface area contributed by atoms with Crippen molar-refractivity contribution >= 4 is 0 Å². The van der Waals surface area contributed by atoms with Crippen molar-refractivity contribution in [1.29, 1.82) is 5.26 Å². The van der Waals surface area contributed by atoms with Crippen LogP contribution in [0.3, 0.4) is 0 Å². The molecule has 2 heterocycles. The number of nitrogens with zero attached hydrogens (tertiary/aromatic N) is 2. The van der Waals surface area contributed by atoms with E-state index in [0.29, 0.717) is 0 Å². The van der Waals surface area contributed by atoms with Gasteiger partial charge in [-0.1, -0.05) is 12.1 Å². The van der Waals surface area contributed by atoms with Crippen molar-refractivity contribution in [2.75, 3.05) is 19.6 Å². The van der Waals surface area contributed by atoms with E-state index in [1.165, 1.54) is 50.9 Å². The number of piperidine rings is 1. The van der Waals surface area contributed by atoms with Gasteiger partial charge < -0.3 is 5.32 Å². The predicted molar refractivity (Wildman–Crippen MR) is 80.2 cm³/mol. The molecule has 106 valence electrons. The lowest BCUT2D eigenvalue weighted by Gasteiger charge is -2.34. The Morgan fingerprint density at radius 1 is 1.25 bits per heavy atom. The van der Waals surface area contributed by atoms with E-state index in [2.05, 4.69) is 22.4 Å². The SMILES string of the molecule is N#Cc1cccc(CN2CCC(C3CCCN3)CC2)c1. The third kappa shape index (κ3) is 3.20. The molecular formula is C17H23N3. The number of nitriles is 1. The Balaban J connectivity index is 1.52. The van der Waals surface area contributed by atoms with Crippen molar-refractivity contribution in [2.24, 2.45) is 5.92 Å². The fourth-order valence-corrected chi connectivity index (χ4v) is 3.62. The second kappa shape index (κ2) is 6.39. The molecule has 0 saturated carbocycles. The summed E-state index contributed by atoms with van der Waals surface area (Å²) in [5, 5.41) is 12.6. The highest BCUT2D eigenvalue weighted by Gasteiger charge is 2.28. The number of nitrogens with one attached hydrogen (secondary N) is 1. The molecule has 0 aromatic heterocycles. The van der Waals surface area contributed by atoms with Gasteiger partial charge in [-0.2, -0.15) is 5.26 Å². The first kappa shape index (κ1) is 13.6. The molecule has 1 atom stereocenters. The molecular weight excluding hydrogens is 246 g/mol. The van der Waals surface area contributed by atoms with Gasteiger partial charge in [0.15, 0.2) is 0 Å². The predicted octanol–water partition coefficient (Wildman–Crippen LogP) is 2.52. The van der Waals surface area contributed by atoms with Gasteiger partial charge in [0.25, 0.3) is 0 Å². The zero-order valence-corrected chi connectivity index (χ0v) is 12.0. The van der Waals surface area contributed by atoms with Gasteiger partial charge in [0.2, 0.25) is 0 Å². The maximum absolute atomic E-state index is 8.95. The molecule has 2 aliphatic heterocycles. The van der Waals surface area contributed by atoms with Crippen LogP contribution in [0.15, 0.2) is 24.3 Å². The summed E-state index contributed by atoms with van der Waals surface area (Å²) in [4.78, 5) is 2.53. The molecule has 1 unspecified atom stereocenters. The normalized spacial score (nSPS) is 24.6. The Labute approximate surface area is 121 Å². The Hall–Kier alpha value is -1.37. The first-order chi connectivity index (χ1) is 9.85. The summed E-state index contributed by atoms with van der Waals surface area (Å²) in [7, 11) is 0. The molecule has 1 aromatic rings. The lowest BCUT2D eigenvalue weighted by Crippen LogP contribution is -2.40. The molecule has 3 heteroatoms. The van der Waals surface area contributed by atoms with Gasteiger partial charge >= 0.3 is 0 Å². The first-order valence-electron chi connectivity index (χ1n) is 7.80. The zero-order chi connectivity index (χ0) is 13.8. The third-order valence-electron chi connectivity index (χ3n) is 4.76. The maximum Gasteiger partial charge on any atom is 0.0991 e. The smallest absolute Gasteiger partial charge is 0.0991 e. The second-order valence-corrected chi connectivity index (χ2v) is 6.13. The van der Waals surface area contributed by atoms with Crippen LogP contribution < -0.4 is 5.32 Å². The van der Waals surface area contributed by atoms with Crippen LogP contribution in [0.4, 0.5) is 0 Å². The van der Waals surface area contributed by atoms with Crippen molar-refractivity contribution in [1.82, 2.24) is 10.2 Å².